The van der Waals surface area contributed by atoms with Crippen molar-refractivity contribution in [2.24, 2.45) is 0 Å². The lowest BCUT2D eigenvalue weighted by atomic mass is 9.90. The Labute approximate surface area is 289 Å². The van der Waals surface area contributed by atoms with Gasteiger partial charge < -0.3 is 29.2 Å². The van der Waals surface area contributed by atoms with Gasteiger partial charge in [-0.2, -0.15) is 9.97 Å². The van der Waals surface area contributed by atoms with Crippen LogP contribution in [-0.2, 0) is 43.8 Å². The molecule has 0 saturated carbocycles. The molecule has 0 amide bonds. The molecule has 12 heteroatoms. The van der Waals surface area contributed by atoms with Gasteiger partial charge in [-0.25, -0.2) is 4.79 Å². The number of imidazole rings is 1. The summed E-state index contributed by atoms with van der Waals surface area (Å²) in [5.41, 5.74) is 7.24. The van der Waals surface area contributed by atoms with Gasteiger partial charge in [0.2, 0.25) is 0 Å². The number of carbonyl (C=O) groups is 1. The number of ether oxygens (including phenoxy) is 3. The summed E-state index contributed by atoms with van der Waals surface area (Å²) in [5, 5.41) is 9.41. The molecule has 2 aliphatic rings. The van der Waals surface area contributed by atoms with Gasteiger partial charge in [-0.15, -0.1) is 0 Å². The van der Waals surface area contributed by atoms with Crippen molar-refractivity contribution in [1.82, 2.24) is 24.4 Å². The Hall–Kier alpha value is -5.62. The minimum Gasteiger partial charge on any atom is -0.497 e. The minimum atomic E-state index is -0.827. The number of aromatic nitrogens is 4. The second kappa shape index (κ2) is 14.5. The highest BCUT2D eigenvalue weighted by Gasteiger charge is 2.24. The molecular formula is C38H40N6O6. The third-order valence-corrected chi connectivity index (χ3v) is 9.24. The quantitative estimate of drug-likeness (QED) is 0.211. The van der Waals surface area contributed by atoms with Crippen LogP contribution in [0.5, 0.6) is 17.5 Å². The Bertz CT molecular complexity index is 2040. The average molecular weight is 677 g/mol. The summed E-state index contributed by atoms with van der Waals surface area (Å²) in [6.45, 7) is 2.90. The van der Waals surface area contributed by atoms with E-state index in [9.17, 15) is 14.7 Å². The highest BCUT2D eigenvalue weighted by atomic mass is 16.5. The number of nitrogens with zero attached hydrogens (tertiary/aromatic N) is 5. The molecule has 2 N–H and O–H groups in total. The van der Waals surface area contributed by atoms with Crippen molar-refractivity contribution in [2.45, 2.75) is 45.4 Å². The van der Waals surface area contributed by atoms with Crippen LogP contribution in [0.3, 0.4) is 0 Å². The Balaban J connectivity index is 1.32. The fourth-order valence-corrected chi connectivity index (χ4v) is 6.75. The number of aromatic amines is 1. The standard InChI is InChI=1S/C38H40N6O6/c1-48-30-11-7-25(8-12-30)20-43(21-26-9-13-31(49-2)14-10-26)35-34-36-41-37(40-35)50-17-5-3-4-6-28-18-27(22-44(36)38(47)39-34)19-29-15-16-42(23-32(28)29)24-33(45)46/h3-4,7-14,18-19H,5-6,15-17,20-24H2,1-2H3,(H,39,47)(H,45,46). The van der Waals surface area contributed by atoms with Crippen LogP contribution in [0.1, 0.15) is 39.8 Å². The van der Waals surface area contributed by atoms with E-state index in [-0.39, 0.29) is 18.2 Å². The summed E-state index contributed by atoms with van der Waals surface area (Å²) in [7, 11) is 3.29. The summed E-state index contributed by atoms with van der Waals surface area (Å²) in [4.78, 5) is 42.1. The van der Waals surface area contributed by atoms with E-state index in [0.717, 1.165) is 40.2 Å². The first-order valence-electron chi connectivity index (χ1n) is 16.7. The minimum absolute atomic E-state index is 0.0108. The molecule has 50 heavy (non-hydrogen) atoms. The molecule has 258 valence electrons. The van der Waals surface area contributed by atoms with E-state index in [1.807, 2.05) is 53.4 Å². The number of fused-ring (bicyclic) bond motifs is 5. The normalized spacial score (nSPS) is 14.5. The predicted octanol–water partition coefficient (Wildman–Crippen LogP) is 4.72. The molecule has 3 aromatic carbocycles. The van der Waals surface area contributed by atoms with Crippen LogP contribution in [0.4, 0.5) is 5.82 Å². The van der Waals surface area contributed by atoms with Gasteiger partial charge >= 0.3 is 17.7 Å². The predicted molar refractivity (Wildman–Crippen MR) is 189 cm³/mol. The lowest BCUT2D eigenvalue weighted by molar-refractivity contribution is -0.138. The number of H-pyrrole nitrogens is 1. The first-order chi connectivity index (χ1) is 24.4. The van der Waals surface area contributed by atoms with Gasteiger partial charge in [-0.1, -0.05) is 48.6 Å². The molecule has 0 unspecified atom stereocenters. The van der Waals surface area contributed by atoms with Crippen LogP contribution in [0.15, 0.2) is 77.6 Å². The van der Waals surface area contributed by atoms with E-state index in [2.05, 4.69) is 34.2 Å². The smallest absolute Gasteiger partial charge is 0.328 e. The average Bonchev–Trinajstić information content (AvgIpc) is 3.43. The third-order valence-electron chi connectivity index (χ3n) is 9.24. The van der Waals surface area contributed by atoms with E-state index in [0.29, 0.717) is 69.2 Å². The van der Waals surface area contributed by atoms with Gasteiger partial charge in [0.15, 0.2) is 11.5 Å². The molecule has 12 nitrogen and oxygen atoms in total. The molecule has 0 radical (unpaired) electrons. The summed E-state index contributed by atoms with van der Waals surface area (Å²) >= 11 is 0. The number of hydrogen-bond donors (Lipinski definition) is 2. The lowest BCUT2D eigenvalue weighted by Gasteiger charge is -2.29. The molecule has 0 spiro atoms. The maximum Gasteiger partial charge on any atom is 0.328 e. The third kappa shape index (κ3) is 7.20. The molecule has 4 bridgehead atoms. The zero-order chi connectivity index (χ0) is 34.6. The van der Waals surface area contributed by atoms with Crippen molar-refractivity contribution in [3.05, 3.63) is 117 Å². The number of nitrogens with one attached hydrogen (secondary N) is 1. The van der Waals surface area contributed by atoms with Gasteiger partial charge in [0.25, 0.3) is 0 Å². The number of carboxylic acids is 1. The van der Waals surface area contributed by atoms with E-state index in [1.165, 1.54) is 11.1 Å². The van der Waals surface area contributed by atoms with Crippen molar-refractivity contribution in [2.75, 3.05) is 38.8 Å². The van der Waals surface area contributed by atoms with E-state index >= 15 is 0 Å². The Morgan fingerprint density at radius 3 is 2.28 bits per heavy atom. The topological polar surface area (TPSA) is 135 Å². The molecule has 4 heterocycles. The van der Waals surface area contributed by atoms with Crippen LogP contribution in [-0.4, -0.2) is 69.4 Å². The lowest BCUT2D eigenvalue weighted by Crippen LogP contribution is -2.35. The van der Waals surface area contributed by atoms with E-state index in [1.54, 1.807) is 18.8 Å². The maximum atomic E-state index is 13.8. The number of benzene rings is 3. The largest absolute Gasteiger partial charge is 0.497 e. The molecule has 0 atom stereocenters. The molecule has 0 aliphatic carbocycles. The van der Waals surface area contributed by atoms with Crippen LogP contribution >= 0.6 is 0 Å². The van der Waals surface area contributed by atoms with Gasteiger partial charge in [0, 0.05) is 26.2 Å². The van der Waals surface area contributed by atoms with Gasteiger partial charge in [0.05, 0.1) is 33.9 Å². The van der Waals surface area contributed by atoms with Crippen LogP contribution < -0.4 is 24.8 Å². The van der Waals surface area contributed by atoms with Crippen molar-refractivity contribution in [1.29, 1.82) is 0 Å². The molecular weight excluding hydrogens is 636 g/mol. The fourth-order valence-electron chi connectivity index (χ4n) is 6.75. The van der Waals surface area contributed by atoms with E-state index in [4.69, 9.17) is 24.2 Å². The maximum absolute atomic E-state index is 13.8. The van der Waals surface area contributed by atoms with Crippen molar-refractivity contribution >= 4 is 23.0 Å². The van der Waals surface area contributed by atoms with Crippen molar-refractivity contribution < 1.29 is 24.1 Å². The molecule has 5 aromatic rings. The second-order valence-corrected chi connectivity index (χ2v) is 12.7. The zero-order valence-electron chi connectivity index (χ0n) is 28.2. The van der Waals surface area contributed by atoms with Crippen LogP contribution in [0.25, 0.3) is 11.2 Å². The Morgan fingerprint density at radius 1 is 0.940 bits per heavy atom. The van der Waals surface area contributed by atoms with Crippen LogP contribution in [0, 0.1) is 0 Å². The molecule has 2 aromatic heterocycles. The van der Waals surface area contributed by atoms with Crippen LogP contribution in [0.2, 0.25) is 0 Å². The fraction of sp³-hybridized carbons (Fsp3) is 0.316. The number of rotatable bonds is 9. The highest BCUT2D eigenvalue weighted by molar-refractivity contribution is 5.84. The summed E-state index contributed by atoms with van der Waals surface area (Å²) in [6.07, 6.45) is 6.30. The number of hydrogen-bond acceptors (Lipinski definition) is 9. The van der Waals surface area contributed by atoms with Gasteiger partial charge in [-0.05, 0) is 76.9 Å². The summed E-state index contributed by atoms with van der Waals surface area (Å²) in [5.74, 6) is 1.26. The molecule has 2 aliphatic heterocycles. The monoisotopic (exact) mass is 676 g/mol. The summed E-state index contributed by atoms with van der Waals surface area (Å²) in [6, 6.07) is 20.3. The van der Waals surface area contributed by atoms with Crippen molar-refractivity contribution in [3.8, 4) is 17.5 Å². The first-order valence-corrected chi connectivity index (χ1v) is 16.7. The number of carboxylic acid groups (broad SMARTS) is 1. The Kier molecular flexibility index (Phi) is 9.52. The van der Waals surface area contributed by atoms with Gasteiger partial charge in [-0.3, -0.25) is 14.3 Å². The van der Waals surface area contributed by atoms with E-state index < -0.39 is 5.97 Å². The SMILES string of the molecule is COc1ccc(CN(Cc2ccc(OC)cc2)c2nc3nc4c2[nH]c(=O)n4Cc2cc(c4c(c2)CCN(CC(=O)O)C4)CC=CCCO3)cc1. The molecule has 0 fully saturated rings. The number of methoxy groups -OCH3 is 2. The number of anilines is 1. The highest BCUT2D eigenvalue weighted by Crippen LogP contribution is 2.30. The molecule has 7 rings (SSSR count). The van der Waals surface area contributed by atoms with Gasteiger partial charge in [0.1, 0.15) is 17.0 Å². The number of allylic oxidation sites excluding steroid dienone is 1. The Morgan fingerprint density at radius 2 is 1.62 bits per heavy atom. The number of aliphatic carboxylic acids is 1. The molecule has 0 saturated heterocycles. The summed E-state index contributed by atoms with van der Waals surface area (Å²) < 4.78 is 18.6. The zero-order valence-corrected chi connectivity index (χ0v) is 28.2. The van der Waals surface area contributed by atoms with Crippen molar-refractivity contribution in [3.63, 3.8) is 0 Å². The first kappa shape index (κ1) is 32.9. The second-order valence-electron chi connectivity index (χ2n) is 12.7.